The molecule has 3 nitrogen and oxygen atoms in total. The lowest BCUT2D eigenvalue weighted by Crippen LogP contribution is -2.45. The second kappa shape index (κ2) is 6.74. The zero-order chi connectivity index (χ0) is 14.5. The second-order valence-corrected chi connectivity index (χ2v) is 7.90. The molecule has 0 aliphatic carbocycles. The van der Waals surface area contributed by atoms with Crippen LogP contribution in [0.25, 0.3) is 0 Å². The van der Waals surface area contributed by atoms with Gasteiger partial charge in [-0.15, -0.1) is 0 Å². The molecule has 0 unspecified atom stereocenters. The van der Waals surface area contributed by atoms with Crippen molar-refractivity contribution in [2.45, 2.75) is 72.3 Å². The largest absolute Gasteiger partial charge is 0.351 e. The molecule has 2 N–H and O–H groups in total. The topological polar surface area (TPSA) is 41.1 Å². The van der Waals surface area contributed by atoms with Gasteiger partial charge in [0, 0.05) is 12.0 Å². The van der Waals surface area contributed by atoms with Crippen LogP contribution in [0.15, 0.2) is 0 Å². The number of hydrogen-bond donors (Lipinski definition) is 2. The fourth-order valence-corrected chi connectivity index (χ4v) is 3.32. The monoisotopic (exact) mass is 268 g/mol. The van der Waals surface area contributed by atoms with Crippen LogP contribution in [0.1, 0.15) is 66.7 Å². The molecule has 0 atom stereocenters. The van der Waals surface area contributed by atoms with E-state index in [1.54, 1.807) is 0 Å². The minimum absolute atomic E-state index is 0.108. The fourth-order valence-electron chi connectivity index (χ4n) is 3.32. The smallest absolute Gasteiger partial charge is 0.220 e. The van der Waals surface area contributed by atoms with Gasteiger partial charge in [0.1, 0.15) is 0 Å². The molecule has 0 bridgehead atoms. The van der Waals surface area contributed by atoms with Crippen LogP contribution in [0.2, 0.25) is 0 Å². The third-order valence-corrected chi connectivity index (χ3v) is 3.69. The third kappa shape index (κ3) is 7.56. The Kier molecular flexibility index (Phi) is 5.84. The van der Waals surface area contributed by atoms with Gasteiger partial charge in [0.25, 0.3) is 0 Å². The highest BCUT2D eigenvalue weighted by atomic mass is 16.1. The fraction of sp³-hybridized carbons (Fsp3) is 0.938. The summed E-state index contributed by atoms with van der Waals surface area (Å²) < 4.78 is 0. The van der Waals surface area contributed by atoms with Gasteiger partial charge < -0.3 is 10.6 Å². The Balaban J connectivity index is 2.29. The Morgan fingerprint density at radius 3 is 2.26 bits per heavy atom. The van der Waals surface area contributed by atoms with E-state index in [9.17, 15) is 4.79 Å². The van der Waals surface area contributed by atoms with Crippen LogP contribution in [-0.4, -0.2) is 24.5 Å². The maximum Gasteiger partial charge on any atom is 0.220 e. The number of hydrogen-bond acceptors (Lipinski definition) is 2. The van der Waals surface area contributed by atoms with Crippen LogP contribution < -0.4 is 10.6 Å². The van der Waals surface area contributed by atoms with Crippen LogP contribution >= 0.6 is 0 Å². The minimum Gasteiger partial charge on any atom is -0.351 e. The molecule has 1 fully saturated rings. The average Bonchev–Trinajstić information content (AvgIpc) is 2.23. The Morgan fingerprint density at radius 1 is 1.16 bits per heavy atom. The number of carbonyl (C=O) groups excluding carboxylic acids is 1. The molecule has 3 heteroatoms. The third-order valence-electron chi connectivity index (χ3n) is 3.69. The number of rotatable bonds is 5. The summed E-state index contributed by atoms with van der Waals surface area (Å²) in [5.74, 6) is 0.950. The van der Waals surface area contributed by atoms with Gasteiger partial charge >= 0.3 is 0 Å². The summed E-state index contributed by atoms with van der Waals surface area (Å²) in [6.07, 6.45) is 5.16. The van der Waals surface area contributed by atoms with Gasteiger partial charge in [-0.3, -0.25) is 4.79 Å². The molecule has 1 amide bonds. The highest BCUT2D eigenvalue weighted by molar-refractivity contribution is 5.76. The molecule has 0 aromatic heterocycles. The minimum atomic E-state index is -0.108. The van der Waals surface area contributed by atoms with Gasteiger partial charge in [-0.2, -0.15) is 0 Å². The summed E-state index contributed by atoms with van der Waals surface area (Å²) in [5.41, 5.74) is 0.134. The molecule has 0 radical (unpaired) electrons. The highest BCUT2D eigenvalue weighted by Crippen LogP contribution is 2.27. The van der Waals surface area contributed by atoms with E-state index in [0.717, 1.165) is 31.8 Å². The first kappa shape index (κ1) is 16.5. The van der Waals surface area contributed by atoms with Crippen molar-refractivity contribution in [2.75, 3.05) is 13.1 Å². The first-order chi connectivity index (χ1) is 8.68. The Hall–Kier alpha value is -0.570. The van der Waals surface area contributed by atoms with Crippen molar-refractivity contribution >= 4 is 5.91 Å². The molecule has 112 valence electrons. The van der Waals surface area contributed by atoms with Crippen molar-refractivity contribution in [1.29, 1.82) is 0 Å². The van der Waals surface area contributed by atoms with Crippen molar-refractivity contribution in [1.82, 2.24) is 10.6 Å². The molecule has 1 aliphatic heterocycles. The van der Waals surface area contributed by atoms with Crippen LogP contribution in [0.5, 0.6) is 0 Å². The molecular formula is C16H32N2O. The normalized spacial score (nSPS) is 18.4. The van der Waals surface area contributed by atoms with E-state index in [1.807, 2.05) is 0 Å². The zero-order valence-electron chi connectivity index (χ0n) is 13.4. The van der Waals surface area contributed by atoms with Gasteiger partial charge in [-0.05, 0) is 64.0 Å². The number of carbonyl (C=O) groups is 1. The SMILES string of the molecule is CC(C)(C)CC(C)(C)NC(=O)CCC1CCNCC1. The lowest BCUT2D eigenvalue weighted by atomic mass is 9.81. The number of piperidine rings is 1. The molecule has 19 heavy (non-hydrogen) atoms. The summed E-state index contributed by atoms with van der Waals surface area (Å²) in [4.78, 5) is 12.1. The summed E-state index contributed by atoms with van der Waals surface area (Å²) >= 11 is 0. The van der Waals surface area contributed by atoms with E-state index in [1.165, 1.54) is 12.8 Å². The van der Waals surface area contributed by atoms with Crippen LogP contribution in [0.4, 0.5) is 0 Å². The Labute approximate surface area is 118 Å². The molecule has 0 aromatic rings. The summed E-state index contributed by atoms with van der Waals surface area (Å²) in [6.45, 7) is 13.1. The van der Waals surface area contributed by atoms with E-state index >= 15 is 0 Å². The predicted molar refractivity (Wildman–Crippen MR) is 81.1 cm³/mol. The summed E-state index contributed by atoms with van der Waals surface area (Å²) in [6, 6.07) is 0. The second-order valence-electron chi connectivity index (χ2n) is 7.90. The maximum absolute atomic E-state index is 12.1. The van der Waals surface area contributed by atoms with Crippen molar-refractivity contribution in [2.24, 2.45) is 11.3 Å². The maximum atomic E-state index is 12.1. The summed E-state index contributed by atoms with van der Waals surface area (Å²) in [5, 5.41) is 6.56. The molecule has 0 saturated carbocycles. The van der Waals surface area contributed by atoms with E-state index in [4.69, 9.17) is 0 Å². The molecule has 1 rings (SSSR count). The molecule has 1 heterocycles. The lowest BCUT2D eigenvalue weighted by molar-refractivity contribution is -0.123. The van der Waals surface area contributed by atoms with Crippen molar-refractivity contribution < 1.29 is 4.79 Å². The van der Waals surface area contributed by atoms with Crippen molar-refractivity contribution in [3.05, 3.63) is 0 Å². The van der Waals surface area contributed by atoms with Gasteiger partial charge in [-0.25, -0.2) is 0 Å². The van der Waals surface area contributed by atoms with Gasteiger partial charge in [0.2, 0.25) is 5.91 Å². The van der Waals surface area contributed by atoms with E-state index in [-0.39, 0.29) is 16.9 Å². The van der Waals surface area contributed by atoms with E-state index in [0.29, 0.717) is 6.42 Å². The standard InChI is InChI=1S/C16H32N2O/c1-15(2,3)12-16(4,5)18-14(19)7-6-13-8-10-17-11-9-13/h13,17H,6-12H2,1-5H3,(H,18,19). The van der Waals surface area contributed by atoms with Gasteiger partial charge in [-0.1, -0.05) is 20.8 Å². The first-order valence-corrected chi connectivity index (χ1v) is 7.70. The average molecular weight is 268 g/mol. The van der Waals surface area contributed by atoms with Gasteiger partial charge in [0.15, 0.2) is 0 Å². The molecular weight excluding hydrogens is 236 g/mol. The lowest BCUT2D eigenvalue weighted by Gasteiger charge is -2.33. The van der Waals surface area contributed by atoms with Gasteiger partial charge in [0.05, 0.1) is 0 Å². The van der Waals surface area contributed by atoms with E-state index in [2.05, 4.69) is 45.3 Å². The first-order valence-electron chi connectivity index (χ1n) is 7.70. The quantitative estimate of drug-likeness (QED) is 0.804. The van der Waals surface area contributed by atoms with E-state index < -0.39 is 0 Å². The Bertz CT molecular complexity index is 286. The summed E-state index contributed by atoms with van der Waals surface area (Å²) in [7, 11) is 0. The Morgan fingerprint density at radius 2 is 1.74 bits per heavy atom. The van der Waals surface area contributed by atoms with Crippen molar-refractivity contribution in [3.63, 3.8) is 0 Å². The number of nitrogens with one attached hydrogen (secondary N) is 2. The van der Waals surface area contributed by atoms with Crippen LogP contribution in [0.3, 0.4) is 0 Å². The van der Waals surface area contributed by atoms with Crippen LogP contribution in [0, 0.1) is 11.3 Å². The zero-order valence-corrected chi connectivity index (χ0v) is 13.4. The number of amides is 1. The van der Waals surface area contributed by atoms with Crippen molar-refractivity contribution in [3.8, 4) is 0 Å². The molecule has 1 saturated heterocycles. The molecule has 1 aliphatic rings. The predicted octanol–water partition coefficient (Wildman–Crippen LogP) is 3.10. The molecule has 0 aromatic carbocycles. The molecule has 0 spiro atoms. The highest BCUT2D eigenvalue weighted by Gasteiger charge is 2.27. The van der Waals surface area contributed by atoms with Crippen LogP contribution in [-0.2, 0) is 4.79 Å².